The number of halogens is 6. The lowest BCUT2D eigenvalue weighted by molar-refractivity contribution is -0.137. The third-order valence-corrected chi connectivity index (χ3v) is 4.92. The first kappa shape index (κ1) is 22.4. The fourth-order valence-electron chi connectivity index (χ4n) is 3.43. The summed E-state index contributed by atoms with van der Waals surface area (Å²) in [5, 5.41) is 1.45. The number of H-pyrrole nitrogens is 1. The zero-order valence-electron chi connectivity index (χ0n) is 16.2. The van der Waals surface area contributed by atoms with Crippen LogP contribution in [0, 0.1) is 17.5 Å². The number of amides is 1. The van der Waals surface area contributed by atoms with Crippen LogP contribution >= 0.6 is 0 Å². The van der Waals surface area contributed by atoms with E-state index in [2.05, 4.69) is 10.3 Å². The Morgan fingerprint density at radius 3 is 2.32 bits per heavy atom. The van der Waals surface area contributed by atoms with Crippen molar-refractivity contribution in [1.29, 1.82) is 0 Å². The summed E-state index contributed by atoms with van der Waals surface area (Å²) in [6.07, 6.45) is -5.13. The molecule has 3 rings (SSSR count). The molecule has 2 N–H and O–H groups in total. The van der Waals surface area contributed by atoms with Crippen LogP contribution in [0.4, 0.5) is 26.3 Å². The third-order valence-electron chi connectivity index (χ3n) is 4.92. The number of hydrogen-bond acceptors (Lipinski definition) is 2. The molecule has 4 nitrogen and oxygen atoms in total. The van der Waals surface area contributed by atoms with Gasteiger partial charge in [-0.2, -0.15) is 13.2 Å². The second-order valence-electron chi connectivity index (χ2n) is 7.02. The van der Waals surface area contributed by atoms with Gasteiger partial charge in [-0.1, -0.05) is 12.1 Å². The molecule has 0 saturated carbocycles. The van der Waals surface area contributed by atoms with Crippen LogP contribution < -0.4 is 10.9 Å². The van der Waals surface area contributed by atoms with Gasteiger partial charge in [0.05, 0.1) is 23.0 Å². The number of carbonyl (C=O) groups excluding carboxylic acids is 1. The summed E-state index contributed by atoms with van der Waals surface area (Å²) in [7, 11) is 0. The first-order valence-corrected chi connectivity index (χ1v) is 9.08. The molecule has 0 unspecified atom stereocenters. The van der Waals surface area contributed by atoms with Crippen LogP contribution in [0.3, 0.4) is 0 Å². The number of aromatic nitrogens is 1. The fraction of sp³-hybridized carbons (Fsp3) is 0.238. The van der Waals surface area contributed by atoms with E-state index in [0.29, 0.717) is 6.07 Å². The number of fused-ring (bicyclic) bond motifs is 1. The Bertz CT molecular complexity index is 1220. The minimum Gasteiger partial charge on any atom is -0.349 e. The lowest BCUT2D eigenvalue weighted by Crippen LogP contribution is -2.35. The van der Waals surface area contributed by atoms with Gasteiger partial charge in [-0.15, -0.1) is 0 Å². The van der Waals surface area contributed by atoms with Crippen LogP contribution in [0.2, 0.25) is 0 Å². The number of aromatic amines is 1. The summed E-state index contributed by atoms with van der Waals surface area (Å²) in [6.45, 7) is 2.39. The van der Waals surface area contributed by atoms with E-state index >= 15 is 0 Å². The standard InChI is InChI=1S/C21H16F6N2O2/c1-9(19(30)28-10(2)12-7-6-11(22)8-14(12)24)16-18(21(25,26)27)17-13(23)4-3-5-15(17)29-20(16)31/h3-10H,1-2H3,(H,28,30)(H,29,31)/t9-,10+/m1/s1. The summed E-state index contributed by atoms with van der Waals surface area (Å²) in [4.78, 5) is 27.3. The first-order valence-electron chi connectivity index (χ1n) is 9.08. The lowest BCUT2D eigenvalue weighted by Gasteiger charge is -2.22. The Labute approximate surface area is 171 Å². The Morgan fingerprint density at radius 2 is 1.71 bits per heavy atom. The molecule has 10 heteroatoms. The number of alkyl halides is 3. The molecule has 3 aromatic rings. The molecule has 2 aromatic carbocycles. The number of rotatable bonds is 4. The van der Waals surface area contributed by atoms with Crippen molar-refractivity contribution in [3.63, 3.8) is 0 Å². The van der Waals surface area contributed by atoms with E-state index in [9.17, 15) is 35.9 Å². The van der Waals surface area contributed by atoms with E-state index in [0.717, 1.165) is 37.3 Å². The molecular formula is C21H16F6N2O2. The van der Waals surface area contributed by atoms with E-state index < -0.39 is 63.6 Å². The number of hydrogen-bond donors (Lipinski definition) is 2. The molecular weight excluding hydrogens is 426 g/mol. The van der Waals surface area contributed by atoms with Crippen LogP contribution in [0.5, 0.6) is 0 Å². The van der Waals surface area contributed by atoms with E-state index in [1.54, 1.807) is 0 Å². The summed E-state index contributed by atoms with van der Waals surface area (Å²) in [6, 6.07) is 4.67. The third kappa shape index (κ3) is 4.28. The second-order valence-corrected chi connectivity index (χ2v) is 7.02. The highest BCUT2D eigenvalue weighted by Gasteiger charge is 2.40. The van der Waals surface area contributed by atoms with Crippen molar-refractivity contribution in [2.75, 3.05) is 0 Å². The molecule has 0 fully saturated rings. The molecule has 1 heterocycles. The van der Waals surface area contributed by atoms with Gasteiger partial charge in [-0.3, -0.25) is 9.59 Å². The average Bonchev–Trinajstić information content (AvgIpc) is 2.65. The summed E-state index contributed by atoms with van der Waals surface area (Å²) in [5.41, 5.74) is -4.18. The van der Waals surface area contributed by atoms with Crippen molar-refractivity contribution < 1.29 is 31.1 Å². The minimum atomic E-state index is -5.13. The van der Waals surface area contributed by atoms with Crippen molar-refractivity contribution in [3.8, 4) is 0 Å². The molecule has 0 saturated heterocycles. The molecule has 0 spiro atoms. The molecule has 1 aromatic heterocycles. The van der Waals surface area contributed by atoms with Crippen molar-refractivity contribution >= 4 is 16.8 Å². The van der Waals surface area contributed by atoms with Crippen LogP contribution in [-0.2, 0) is 11.0 Å². The Balaban J connectivity index is 2.06. The van der Waals surface area contributed by atoms with Gasteiger partial charge in [-0.25, -0.2) is 13.2 Å². The van der Waals surface area contributed by atoms with Crippen LogP contribution in [0.1, 0.15) is 42.5 Å². The molecule has 0 aliphatic rings. The van der Waals surface area contributed by atoms with Gasteiger partial charge in [0.15, 0.2) is 0 Å². The number of carbonyl (C=O) groups is 1. The monoisotopic (exact) mass is 442 g/mol. The number of nitrogens with one attached hydrogen (secondary N) is 2. The smallest absolute Gasteiger partial charge is 0.349 e. The van der Waals surface area contributed by atoms with Crippen LogP contribution in [0.15, 0.2) is 41.2 Å². The van der Waals surface area contributed by atoms with Crippen LogP contribution in [0.25, 0.3) is 10.9 Å². The maximum Gasteiger partial charge on any atom is 0.417 e. The molecule has 31 heavy (non-hydrogen) atoms. The summed E-state index contributed by atoms with van der Waals surface area (Å²) in [5.74, 6) is -5.69. The van der Waals surface area contributed by atoms with Gasteiger partial charge in [-0.05, 0) is 32.0 Å². The largest absolute Gasteiger partial charge is 0.417 e. The highest BCUT2D eigenvalue weighted by Crippen LogP contribution is 2.39. The fourth-order valence-corrected chi connectivity index (χ4v) is 3.43. The SMILES string of the molecule is C[C@H](NC(=O)[C@H](C)c1c(C(F)(F)F)c2c(F)cccc2[nH]c1=O)c1ccc(F)cc1F. The van der Waals surface area contributed by atoms with Gasteiger partial charge in [0, 0.05) is 22.6 Å². The molecule has 0 aliphatic heterocycles. The first-order chi connectivity index (χ1) is 14.4. The average molecular weight is 442 g/mol. The molecule has 1 amide bonds. The van der Waals surface area contributed by atoms with Crippen molar-refractivity contribution in [1.82, 2.24) is 10.3 Å². The summed E-state index contributed by atoms with van der Waals surface area (Å²) >= 11 is 0. The molecule has 0 radical (unpaired) electrons. The zero-order chi connectivity index (χ0) is 23.1. The lowest BCUT2D eigenvalue weighted by atomic mass is 9.92. The van der Waals surface area contributed by atoms with Crippen molar-refractivity contribution in [3.05, 3.63) is 80.9 Å². The Morgan fingerprint density at radius 1 is 1.03 bits per heavy atom. The molecule has 0 aliphatic carbocycles. The highest BCUT2D eigenvalue weighted by atomic mass is 19.4. The van der Waals surface area contributed by atoms with Crippen LogP contribution in [-0.4, -0.2) is 10.9 Å². The van der Waals surface area contributed by atoms with E-state index in [1.807, 2.05) is 0 Å². The molecule has 0 bridgehead atoms. The normalized spacial score (nSPS) is 13.8. The Kier molecular flexibility index (Phi) is 5.84. The predicted molar refractivity (Wildman–Crippen MR) is 101 cm³/mol. The Hall–Kier alpha value is -3.30. The minimum absolute atomic E-state index is 0.100. The topological polar surface area (TPSA) is 62.0 Å². The van der Waals surface area contributed by atoms with Gasteiger partial charge in [0.2, 0.25) is 5.91 Å². The summed E-state index contributed by atoms with van der Waals surface area (Å²) < 4.78 is 82.8. The quantitative estimate of drug-likeness (QED) is 0.562. The van der Waals surface area contributed by atoms with E-state index in [1.165, 1.54) is 6.92 Å². The van der Waals surface area contributed by atoms with E-state index in [4.69, 9.17) is 0 Å². The molecule has 164 valence electrons. The maximum absolute atomic E-state index is 14.3. The van der Waals surface area contributed by atoms with Gasteiger partial charge >= 0.3 is 6.18 Å². The molecule has 2 atom stereocenters. The second kappa shape index (κ2) is 8.09. The van der Waals surface area contributed by atoms with Gasteiger partial charge < -0.3 is 10.3 Å². The maximum atomic E-state index is 14.3. The van der Waals surface area contributed by atoms with E-state index in [-0.39, 0.29) is 11.1 Å². The highest BCUT2D eigenvalue weighted by molar-refractivity contribution is 5.89. The van der Waals surface area contributed by atoms with Gasteiger partial charge in [0.1, 0.15) is 17.5 Å². The van der Waals surface area contributed by atoms with Crippen molar-refractivity contribution in [2.45, 2.75) is 32.0 Å². The van der Waals surface area contributed by atoms with Crippen molar-refractivity contribution in [2.24, 2.45) is 0 Å². The number of pyridine rings is 1. The zero-order valence-corrected chi connectivity index (χ0v) is 16.2. The van der Waals surface area contributed by atoms with Gasteiger partial charge in [0.25, 0.3) is 5.56 Å². The predicted octanol–water partition coefficient (Wildman–Crippen LogP) is 4.95. The number of benzene rings is 2.